The molecule has 0 spiro atoms. The van der Waals surface area contributed by atoms with Crippen LogP contribution in [0, 0.1) is 23.0 Å². The Bertz CT molecular complexity index is 744. The van der Waals surface area contributed by atoms with Crippen molar-refractivity contribution in [2.45, 2.75) is 18.6 Å². The number of aliphatic hydroxyl groups is 1. The third-order valence-corrected chi connectivity index (χ3v) is 3.80. The average Bonchev–Trinajstić information content (AvgIpc) is 2.92. The smallest absolute Gasteiger partial charge is 0.159 e. The van der Waals surface area contributed by atoms with Crippen molar-refractivity contribution in [3.05, 3.63) is 59.4 Å². The molecule has 1 N–H and O–H groups in total. The van der Waals surface area contributed by atoms with Crippen LogP contribution in [0.15, 0.2) is 36.5 Å². The number of anilines is 1. The van der Waals surface area contributed by atoms with E-state index in [4.69, 9.17) is 5.26 Å². The predicted molar refractivity (Wildman–Crippen MR) is 76.0 cm³/mol. The van der Waals surface area contributed by atoms with Gasteiger partial charge in [-0.1, -0.05) is 6.07 Å². The molecule has 0 amide bonds. The zero-order valence-electron chi connectivity index (χ0n) is 11.6. The number of halogens is 2. The summed E-state index contributed by atoms with van der Waals surface area (Å²) >= 11 is 0. The lowest BCUT2D eigenvalue weighted by atomic mass is 10.0. The fourth-order valence-electron chi connectivity index (χ4n) is 2.79. The molecule has 0 radical (unpaired) electrons. The summed E-state index contributed by atoms with van der Waals surface area (Å²) in [6, 6.07) is 8.78. The van der Waals surface area contributed by atoms with Crippen LogP contribution >= 0.6 is 0 Å². The Balaban J connectivity index is 1.98. The topological polar surface area (TPSA) is 60.2 Å². The maximum Gasteiger partial charge on any atom is 0.159 e. The Morgan fingerprint density at radius 2 is 2.05 bits per heavy atom. The van der Waals surface area contributed by atoms with Gasteiger partial charge in [0.1, 0.15) is 11.8 Å². The summed E-state index contributed by atoms with van der Waals surface area (Å²) in [4.78, 5) is 5.79. The zero-order valence-corrected chi connectivity index (χ0v) is 11.6. The largest absolute Gasteiger partial charge is 0.391 e. The van der Waals surface area contributed by atoms with E-state index in [1.54, 1.807) is 12.1 Å². The van der Waals surface area contributed by atoms with Crippen LogP contribution in [0.25, 0.3) is 0 Å². The maximum absolute atomic E-state index is 13.5. The fraction of sp³-hybridized carbons (Fsp3) is 0.250. The van der Waals surface area contributed by atoms with E-state index in [0.29, 0.717) is 18.5 Å². The van der Waals surface area contributed by atoms with Crippen molar-refractivity contribution in [2.75, 3.05) is 11.4 Å². The SMILES string of the molecule is N#Cc1cc(N2C[C@H](O)C[C@H]2c2ccc(F)c(F)c2)ccn1. The van der Waals surface area contributed by atoms with Crippen LogP contribution in [0.1, 0.15) is 23.7 Å². The molecule has 1 aliphatic heterocycles. The Morgan fingerprint density at radius 3 is 2.77 bits per heavy atom. The number of benzene rings is 1. The molecule has 1 aromatic carbocycles. The van der Waals surface area contributed by atoms with E-state index in [1.807, 2.05) is 11.0 Å². The lowest BCUT2D eigenvalue weighted by molar-refractivity contribution is 0.194. The number of rotatable bonds is 2. The first kappa shape index (κ1) is 14.4. The molecule has 2 heterocycles. The second-order valence-corrected chi connectivity index (χ2v) is 5.24. The predicted octanol–water partition coefficient (Wildman–Crippen LogP) is 2.54. The van der Waals surface area contributed by atoms with Crippen LogP contribution in [-0.2, 0) is 0 Å². The first-order chi connectivity index (χ1) is 10.6. The Labute approximate surface area is 126 Å². The summed E-state index contributed by atoms with van der Waals surface area (Å²) in [6.07, 6.45) is 1.35. The van der Waals surface area contributed by atoms with Gasteiger partial charge in [0.05, 0.1) is 12.1 Å². The molecule has 1 aromatic heterocycles. The normalized spacial score (nSPS) is 20.9. The van der Waals surface area contributed by atoms with Gasteiger partial charge in [0, 0.05) is 18.4 Å². The minimum absolute atomic E-state index is 0.267. The number of hydrogen-bond donors (Lipinski definition) is 1. The van der Waals surface area contributed by atoms with Gasteiger partial charge in [-0.3, -0.25) is 0 Å². The van der Waals surface area contributed by atoms with Gasteiger partial charge in [-0.25, -0.2) is 13.8 Å². The molecule has 6 heteroatoms. The number of hydrogen-bond acceptors (Lipinski definition) is 4. The third kappa shape index (κ3) is 2.63. The Kier molecular flexibility index (Phi) is 3.73. The third-order valence-electron chi connectivity index (χ3n) is 3.80. The average molecular weight is 301 g/mol. The minimum atomic E-state index is -0.911. The van der Waals surface area contributed by atoms with Crippen molar-refractivity contribution < 1.29 is 13.9 Å². The maximum atomic E-state index is 13.5. The molecule has 22 heavy (non-hydrogen) atoms. The summed E-state index contributed by atoms with van der Waals surface area (Å²) in [5.74, 6) is -1.81. The summed E-state index contributed by atoms with van der Waals surface area (Å²) in [5, 5.41) is 18.9. The molecule has 0 saturated carbocycles. The molecule has 1 fully saturated rings. The van der Waals surface area contributed by atoms with Gasteiger partial charge >= 0.3 is 0 Å². The Hall–Kier alpha value is -2.52. The molecule has 3 rings (SSSR count). The van der Waals surface area contributed by atoms with Crippen LogP contribution in [0.3, 0.4) is 0 Å². The van der Waals surface area contributed by atoms with E-state index in [0.717, 1.165) is 17.8 Å². The van der Waals surface area contributed by atoms with Crippen LogP contribution in [0.5, 0.6) is 0 Å². The van der Waals surface area contributed by atoms with Crippen LogP contribution in [0.4, 0.5) is 14.5 Å². The molecule has 0 bridgehead atoms. The van der Waals surface area contributed by atoms with Crippen LogP contribution in [0.2, 0.25) is 0 Å². The number of nitrogens with zero attached hydrogens (tertiary/aromatic N) is 3. The van der Waals surface area contributed by atoms with Crippen molar-refractivity contribution >= 4 is 5.69 Å². The standard InChI is InChI=1S/C16H13F2N3O/c17-14-2-1-10(5-15(14)18)16-7-13(22)9-21(16)12-3-4-20-11(6-12)8-19/h1-6,13,16,22H,7,9H2/t13-,16+/m1/s1. The molecule has 2 aromatic rings. The highest BCUT2D eigenvalue weighted by atomic mass is 19.2. The number of aromatic nitrogens is 1. The monoisotopic (exact) mass is 301 g/mol. The first-order valence-electron chi connectivity index (χ1n) is 6.84. The lowest BCUT2D eigenvalue weighted by Gasteiger charge is -2.27. The van der Waals surface area contributed by atoms with Crippen molar-refractivity contribution in [3.63, 3.8) is 0 Å². The molecule has 2 atom stereocenters. The van der Waals surface area contributed by atoms with Crippen LogP contribution in [-0.4, -0.2) is 22.7 Å². The second-order valence-electron chi connectivity index (χ2n) is 5.24. The van der Waals surface area contributed by atoms with Crippen molar-refractivity contribution in [1.82, 2.24) is 4.98 Å². The quantitative estimate of drug-likeness (QED) is 0.926. The van der Waals surface area contributed by atoms with E-state index in [2.05, 4.69) is 4.98 Å². The molecule has 4 nitrogen and oxygen atoms in total. The first-order valence-corrected chi connectivity index (χ1v) is 6.84. The minimum Gasteiger partial charge on any atom is -0.391 e. The second kappa shape index (κ2) is 5.70. The summed E-state index contributed by atoms with van der Waals surface area (Å²) in [7, 11) is 0. The van der Waals surface area contributed by atoms with Gasteiger partial charge in [0.2, 0.25) is 0 Å². The Morgan fingerprint density at radius 1 is 1.23 bits per heavy atom. The van der Waals surface area contributed by atoms with Gasteiger partial charge in [0.25, 0.3) is 0 Å². The van der Waals surface area contributed by atoms with Crippen molar-refractivity contribution in [3.8, 4) is 6.07 Å². The number of aliphatic hydroxyl groups excluding tert-OH is 1. The van der Waals surface area contributed by atoms with E-state index in [-0.39, 0.29) is 11.7 Å². The van der Waals surface area contributed by atoms with Gasteiger partial charge in [0.15, 0.2) is 11.6 Å². The van der Waals surface area contributed by atoms with E-state index in [1.165, 1.54) is 12.3 Å². The lowest BCUT2D eigenvalue weighted by Crippen LogP contribution is -2.24. The van der Waals surface area contributed by atoms with Crippen molar-refractivity contribution in [2.24, 2.45) is 0 Å². The number of nitriles is 1. The summed E-state index contributed by atoms with van der Waals surface area (Å²) in [5.41, 5.74) is 1.58. The van der Waals surface area contributed by atoms with Crippen molar-refractivity contribution in [1.29, 1.82) is 5.26 Å². The molecule has 0 unspecified atom stereocenters. The molecular weight excluding hydrogens is 288 g/mol. The van der Waals surface area contributed by atoms with Gasteiger partial charge < -0.3 is 10.0 Å². The molecule has 1 saturated heterocycles. The zero-order chi connectivity index (χ0) is 15.7. The molecule has 0 aliphatic carbocycles. The fourth-order valence-corrected chi connectivity index (χ4v) is 2.79. The van der Waals surface area contributed by atoms with E-state index >= 15 is 0 Å². The highest BCUT2D eigenvalue weighted by Crippen LogP contribution is 2.36. The van der Waals surface area contributed by atoms with Gasteiger partial charge in [-0.05, 0) is 36.2 Å². The summed E-state index contributed by atoms with van der Waals surface area (Å²) < 4.78 is 26.6. The van der Waals surface area contributed by atoms with Gasteiger partial charge in [-0.15, -0.1) is 0 Å². The molecule has 1 aliphatic rings. The van der Waals surface area contributed by atoms with E-state index < -0.39 is 17.7 Å². The van der Waals surface area contributed by atoms with Gasteiger partial charge in [-0.2, -0.15) is 5.26 Å². The molecular formula is C16H13F2N3O. The van der Waals surface area contributed by atoms with E-state index in [9.17, 15) is 13.9 Å². The number of β-amino-alcohol motifs (C(OH)–C–C–N with tert-alkyl or cyclic N) is 1. The number of pyridine rings is 1. The highest BCUT2D eigenvalue weighted by Gasteiger charge is 2.32. The van der Waals surface area contributed by atoms with Crippen LogP contribution < -0.4 is 4.90 Å². The molecule has 112 valence electrons. The highest BCUT2D eigenvalue weighted by molar-refractivity contribution is 5.52. The summed E-state index contributed by atoms with van der Waals surface area (Å²) in [6.45, 7) is 0.360.